The first kappa shape index (κ1) is 27.6. The lowest BCUT2D eigenvalue weighted by molar-refractivity contribution is -0.145. The molecule has 1 amide bonds. The van der Waals surface area contributed by atoms with E-state index in [9.17, 15) is 9.59 Å². The van der Waals surface area contributed by atoms with Gasteiger partial charge < -0.3 is 14.6 Å². The first-order valence-electron chi connectivity index (χ1n) is 12.0. The van der Waals surface area contributed by atoms with E-state index in [2.05, 4.69) is 51.3 Å². The summed E-state index contributed by atoms with van der Waals surface area (Å²) in [5.41, 5.74) is 3.74. The fourth-order valence-electron chi connectivity index (χ4n) is 4.36. The molecule has 0 fully saturated rings. The largest absolute Gasteiger partial charge is 0.464 e. The Balaban J connectivity index is 0.00000361. The zero-order chi connectivity index (χ0) is 24.6. The van der Waals surface area contributed by atoms with Crippen LogP contribution in [0.4, 0.5) is 0 Å². The number of nitrogens with one attached hydrogen (secondary N) is 1. The number of nitrogens with zero attached hydrogens (tertiary/aromatic N) is 2. The van der Waals surface area contributed by atoms with Gasteiger partial charge in [-0.1, -0.05) is 48.5 Å². The second-order valence-corrected chi connectivity index (χ2v) is 9.39. The molecule has 8 heteroatoms. The monoisotopic (exact) mass is 525 g/mol. The molecule has 1 N–H and O–H groups in total. The third-order valence-electron chi connectivity index (χ3n) is 6.07. The molecule has 190 valence electrons. The number of rotatable bonds is 11. The third-order valence-corrected chi connectivity index (χ3v) is 6.71. The predicted octanol–water partition coefficient (Wildman–Crippen LogP) is 5.66. The highest BCUT2D eigenvalue weighted by Crippen LogP contribution is 2.29. The molecule has 0 aliphatic rings. The molecule has 2 aromatic heterocycles. The highest BCUT2D eigenvalue weighted by molar-refractivity contribution is 7.98. The molecule has 2 heterocycles. The molecule has 0 saturated carbocycles. The number of aryl methyl sites for hydroxylation is 2. The fourth-order valence-corrected chi connectivity index (χ4v) is 4.83. The Hall–Kier alpha value is -3.03. The van der Waals surface area contributed by atoms with Gasteiger partial charge in [-0.05, 0) is 55.9 Å². The summed E-state index contributed by atoms with van der Waals surface area (Å²) < 4.78 is 7.43. The lowest BCUT2D eigenvalue weighted by Crippen LogP contribution is -2.42. The minimum absolute atomic E-state index is 0. The summed E-state index contributed by atoms with van der Waals surface area (Å²) in [5, 5.41) is 4.90. The second-order valence-electron chi connectivity index (χ2n) is 8.40. The maximum Gasteiger partial charge on any atom is 0.328 e. The summed E-state index contributed by atoms with van der Waals surface area (Å²) in [6.07, 6.45) is 6.24. The quantitative estimate of drug-likeness (QED) is 0.256. The number of para-hydroxylation sites is 1. The molecule has 0 radical (unpaired) electrons. The topological polar surface area (TPSA) is 73.2 Å². The molecule has 0 bridgehead atoms. The lowest BCUT2D eigenvalue weighted by Gasteiger charge is -2.16. The van der Waals surface area contributed by atoms with Crippen LogP contribution in [-0.2, 0) is 22.5 Å². The molecule has 0 aliphatic heterocycles. The standard InChI is InChI=1S/C28H31N3O3S.ClH/c1-3-34-28(33)23(15-17-35-2)30-27(32)24-18-22-21-13-7-8-14-25(21)31(26(22)19-29-24)16-9-12-20-10-5-4-6-11-20;/h4-8,10-11,13-14,18-19,23H,3,9,12,15-17H2,1-2H3,(H,30,32);1H/t23-;/m0./s1. The SMILES string of the molecule is CCOC(=O)[C@H](CCSC)NC(=O)c1cc2c3ccccc3n(CCCc3ccccc3)c2cn1.Cl. The highest BCUT2D eigenvalue weighted by Gasteiger charge is 2.23. The van der Waals surface area contributed by atoms with E-state index in [1.807, 2.05) is 30.5 Å². The van der Waals surface area contributed by atoms with Crippen LogP contribution in [0.3, 0.4) is 0 Å². The van der Waals surface area contributed by atoms with Crippen molar-refractivity contribution in [2.45, 2.75) is 38.8 Å². The number of thioether (sulfide) groups is 1. The summed E-state index contributed by atoms with van der Waals surface area (Å²) in [4.78, 5) is 29.9. The van der Waals surface area contributed by atoms with Gasteiger partial charge in [0, 0.05) is 22.8 Å². The number of benzene rings is 2. The number of aromatic nitrogens is 2. The number of esters is 1. The van der Waals surface area contributed by atoms with Crippen LogP contribution in [0, 0.1) is 0 Å². The van der Waals surface area contributed by atoms with Crippen LogP contribution in [0.2, 0.25) is 0 Å². The smallest absolute Gasteiger partial charge is 0.328 e. The minimum atomic E-state index is -0.688. The Bertz CT molecular complexity index is 1310. The van der Waals surface area contributed by atoms with Gasteiger partial charge in [-0.15, -0.1) is 12.4 Å². The number of carbonyl (C=O) groups excluding carboxylic acids is 2. The number of hydrogen-bond donors (Lipinski definition) is 1. The van der Waals surface area contributed by atoms with E-state index in [1.54, 1.807) is 24.9 Å². The minimum Gasteiger partial charge on any atom is -0.464 e. The van der Waals surface area contributed by atoms with Gasteiger partial charge in [-0.25, -0.2) is 9.78 Å². The van der Waals surface area contributed by atoms with E-state index in [1.165, 1.54) is 5.56 Å². The van der Waals surface area contributed by atoms with Crippen molar-refractivity contribution >= 4 is 57.9 Å². The van der Waals surface area contributed by atoms with Crippen LogP contribution in [0.15, 0.2) is 66.9 Å². The average Bonchev–Trinajstić information content (AvgIpc) is 3.20. The number of hydrogen-bond acceptors (Lipinski definition) is 5. The van der Waals surface area contributed by atoms with Crippen molar-refractivity contribution in [3.05, 3.63) is 78.1 Å². The average molecular weight is 526 g/mol. The zero-order valence-corrected chi connectivity index (χ0v) is 22.2. The molecule has 4 aromatic rings. The van der Waals surface area contributed by atoms with Gasteiger partial charge in [-0.2, -0.15) is 11.8 Å². The molecule has 0 spiro atoms. The van der Waals surface area contributed by atoms with Crippen molar-refractivity contribution in [3.63, 3.8) is 0 Å². The lowest BCUT2D eigenvalue weighted by atomic mass is 10.1. The first-order chi connectivity index (χ1) is 17.1. The third kappa shape index (κ3) is 6.39. The zero-order valence-electron chi connectivity index (χ0n) is 20.6. The van der Waals surface area contributed by atoms with Gasteiger partial charge in [-0.3, -0.25) is 4.79 Å². The fraction of sp³-hybridized carbons (Fsp3) is 0.321. The number of amides is 1. The van der Waals surface area contributed by atoms with Gasteiger partial charge in [0.05, 0.1) is 18.3 Å². The van der Waals surface area contributed by atoms with Crippen LogP contribution >= 0.6 is 24.2 Å². The van der Waals surface area contributed by atoms with Crippen LogP contribution in [0.25, 0.3) is 21.8 Å². The summed E-state index contributed by atoms with van der Waals surface area (Å²) >= 11 is 1.62. The molecule has 4 rings (SSSR count). The van der Waals surface area contributed by atoms with E-state index in [4.69, 9.17) is 4.74 Å². The van der Waals surface area contributed by atoms with E-state index < -0.39 is 12.0 Å². The molecule has 36 heavy (non-hydrogen) atoms. The van der Waals surface area contributed by atoms with Crippen molar-refractivity contribution < 1.29 is 14.3 Å². The maximum atomic E-state index is 13.0. The summed E-state index contributed by atoms with van der Waals surface area (Å²) in [7, 11) is 0. The summed E-state index contributed by atoms with van der Waals surface area (Å²) in [6, 6.07) is 19.9. The first-order valence-corrected chi connectivity index (χ1v) is 13.4. The Labute approximate surface area is 222 Å². The summed E-state index contributed by atoms with van der Waals surface area (Å²) in [5.74, 6) is -0.0369. The van der Waals surface area contributed by atoms with Crippen molar-refractivity contribution in [2.24, 2.45) is 0 Å². The van der Waals surface area contributed by atoms with Gasteiger partial charge in [0.2, 0.25) is 0 Å². The van der Waals surface area contributed by atoms with Gasteiger partial charge in [0.1, 0.15) is 11.7 Å². The van der Waals surface area contributed by atoms with E-state index in [0.717, 1.165) is 46.9 Å². The van der Waals surface area contributed by atoms with Crippen LogP contribution in [0.1, 0.15) is 35.8 Å². The molecule has 0 aliphatic carbocycles. The van der Waals surface area contributed by atoms with Crippen molar-refractivity contribution in [2.75, 3.05) is 18.6 Å². The van der Waals surface area contributed by atoms with Crippen molar-refractivity contribution in [3.8, 4) is 0 Å². The Morgan fingerprint density at radius 2 is 1.81 bits per heavy atom. The molecular weight excluding hydrogens is 494 g/mol. The number of fused-ring (bicyclic) bond motifs is 3. The molecular formula is C28H32ClN3O3S. The Kier molecular flexibility index (Phi) is 10.2. The molecule has 6 nitrogen and oxygen atoms in total. The Morgan fingerprint density at radius 1 is 1.06 bits per heavy atom. The summed E-state index contributed by atoms with van der Waals surface area (Å²) in [6.45, 7) is 2.89. The van der Waals surface area contributed by atoms with Gasteiger partial charge >= 0.3 is 5.97 Å². The Morgan fingerprint density at radius 3 is 2.56 bits per heavy atom. The normalized spacial score (nSPS) is 11.7. The maximum absolute atomic E-state index is 13.0. The van der Waals surface area contributed by atoms with Crippen LogP contribution in [-0.4, -0.2) is 46.1 Å². The van der Waals surface area contributed by atoms with Crippen molar-refractivity contribution in [1.82, 2.24) is 14.9 Å². The van der Waals surface area contributed by atoms with Gasteiger partial charge in [0.25, 0.3) is 5.91 Å². The number of halogens is 1. The number of carbonyl (C=O) groups is 2. The van der Waals surface area contributed by atoms with Crippen LogP contribution < -0.4 is 5.32 Å². The predicted molar refractivity (Wildman–Crippen MR) is 150 cm³/mol. The second kappa shape index (κ2) is 13.3. The van der Waals surface area contributed by atoms with E-state index in [0.29, 0.717) is 12.1 Å². The molecule has 0 saturated heterocycles. The van der Waals surface area contributed by atoms with E-state index in [-0.39, 0.29) is 24.9 Å². The van der Waals surface area contributed by atoms with Crippen molar-refractivity contribution in [1.29, 1.82) is 0 Å². The van der Waals surface area contributed by atoms with E-state index >= 15 is 0 Å². The van der Waals surface area contributed by atoms with Crippen LogP contribution in [0.5, 0.6) is 0 Å². The number of ether oxygens (including phenoxy) is 1. The molecule has 1 atom stereocenters. The molecule has 2 aromatic carbocycles. The number of pyridine rings is 1. The van der Waals surface area contributed by atoms with Gasteiger partial charge in [0.15, 0.2) is 0 Å². The molecule has 0 unspecified atom stereocenters. The highest BCUT2D eigenvalue weighted by atomic mass is 35.5.